The molecular formula is C19H30ClNO3. The van der Waals surface area contributed by atoms with Gasteiger partial charge in [0.2, 0.25) is 0 Å². The molecule has 0 amide bonds. The Hall–Kier alpha value is -1.26. The molecule has 1 fully saturated rings. The van der Waals surface area contributed by atoms with Crippen molar-refractivity contribution in [1.29, 1.82) is 0 Å². The monoisotopic (exact) mass is 355 g/mol. The highest BCUT2D eigenvalue weighted by atomic mass is 35.5. The predicted molar refractivity (Wildman–Crippen MR) is 99.1 cm³/mol. The highest BCUT2D eigenvalue weighted by molar-refractivity contribution is 5.85. The number of hydrogen-bond donors (Lipinski definition) is 0. The van der Waals surface area contributed by atoms with Crippen molar-refractivity contribution in [3.05, 3.63) is 29.3 Å². The molecule has 5 heteroatoms. The van der Waals surface area contributed by atoms with Gasteiger partial charge in [0.1, 0.15) is 5.75 Å². The van der Waals surface area contributed by atoms with E-state index in [1.165, 1.54) is 11.1 Å². The van der Waals surface area contributed by atoms with E-state index >= 15 is 0 Å². The summed E-state index contributed by atoms with van der Waals surface area (Å²) in [5.41, 5.74) is 2.49. The largest absolute Gasteiger partial charge is 0.493 e. The van der Waals surface area contributed by atoms with Gasteiger partial charge in [0.25, 0.3) is 0 Å². The number of carbonyl (C=O) groups excluding carboxylic acids is 1. The Labute approximate surface area is 151 Å². The summed E-state index contributed by atoms with van der Waals surface area (Å²) in [5.74, 6) is 1.06. The third-order valence-electron chi connectivity index (χ3n) is 4.64. The minimum Gasteiger partial charge on any atom is -0.493 e. The third-order valence-corrected chi connectivity index (χ3v) is 4.64. The number of aryl methyl sites for hydroxylation is 1. The van der Waals surface area contributed by atoms with Crippen molar-refractivity contribution in [1.82, 2.24) is 4.90 Å². The van der Waals surface area contributed by atoms with E-state index in [2.05, 4.69) is 24.8 Å². The number of nitrogens with zero attached hydrogens (tertiary/aromatic N) is 1. The van der Waals surface area contributed by atoms with Crippen LogP contribution in [0.5, 0.6) is 5.75 Å². The van der Waals surface area contributed by atoms with Gasteiger partial charge in [-0.2, -0.15) is 0 Å². The Bertz CT molecular complexity index is 513. The van der Waals surface area contributed by atoms with Crippen LogP contribution in [0.3, 0.4) is 0 Å². The lowest BCUT2D eigenvalue weighted by molar-refractivity contribution is -0.149. The normalized spacial score (nSPS) is 15.6. The molecule has 1 aromatic carbocycles. The highest BCUT2D eigenvalue weighted by Gasteiger charge is 2.25. The first-order valence-electron chi connectivity index (χ1n) is 8.69. The second-order valence-corrected chi connectivity index (χ2v) is 6.27. The second kappa shape index (κ2) is 10.6. The number of esters is 1. The average molecular weight is 356 g/mol. The fraction of sp³-hybridized carbons (Fsp3) is 0.632. The molecule has 0 aromatic heterocycles. The van der Waals surface area contributed by atoms with Crippen LogP contribution in [-0.2, 0) is 9.53 Å². The van der Waals surface area contributed by atoms with E-state index in [4.69, 9.17) is 9.47 Å². The number of likely N-dealkylation sites (tertiary alicyclic amines) is 1. The number of halogens is 1. The molecule has 0 spiro atoms. The lowest BCUT2D eigenvalue weighted by Gasteiger charge is -2.30. The Balaban J connectivity index is 0.00000288. The average Bonchev–Trinajstić information content (AvgIpc) is 2.56. The summed E-state index contributed by atoms with van der Waals surface area (Å²) in [6, 6.07) is 6.18. The van der Waals surface area contributed by atoms with Crippen molar-refractivity contribution in [2.45, 2.75) is 40.0 Å². The van der Waals surface area contributed by atoms with E-state index < -0.39 is 0 Å². The van der Waals surface area contributed by atoms with Crippen LogP contribution in [0.4, 0.5) is 0 Å². The fourth-order valence-electron chi connectivity index (χ4n) is 3.00. The van der Waals surface area contributed by atoms with Crippen LogP contribution in [0.15, 0.2) is 18.2 Å². The highest BCUT2D eigenvalue weighted by Crippen LogP contribution is 2.21. The van der Waals surface area contributed by atoms with Gasteiger partial charge >= 0.3 is 5.97 Å². The molecule has 0 unspecified atom stereocenters. The van der Waals surface area contributed by atoms with E-state index in [9.17, 15) is 4.79 Å². The van der Waals surface area contributed by atoms with Gasteiger partial charge in [-0.25, -0.2) is 0 Å². The summed E-state index contributed by atoms with van der Waals surface area (Å²) in [6.07, 6.45) is 2.84. The molecule has 0 radical (unpaired) electrons. The number of hydrogen-bond acceptors (Lipinski definition) is 4. The van der Waals surface area contributed by atoms with Gasteiger partial charge in [-0.15, -0.1) is 12.4 Å². The molecule has 1 saturated heterocycles. The van der Waals surface area contributed by atoms with Gasteiger partial charge in [0, 0.05) is 6.54 Å². The van der Waals surface area contributed by atoms with Crippen molar-refractivity contribution in [2.75, 3.05) is 32.8 Å². The zero-order valence-corrected chi connectivity index (χ0v) is 15.9. The Morgan fingerprint density at radius 3 is 2.62 bits per heavy atom. The van der Waals surface area contributed by atoms with Crippen molar-refractivity contribution in [2.24, 2.45) is 5.92 Å². The van der Waals surface area contributed by atoms with Crippen LogP contribution in [0.2, 0.25) is 0 Å². The summed E-state index contributed by atoms with van der Waals surface area (Å²) < 4.78 is 11.0. The Morgan fingerprint density at radius 2 is 1.96 bits per heavy atom. The van der Waals surface area contributed by atoms with Crippen molar-refractivity contribution >= 4 is 18.4 Å². The molecule has 0 saturated carbocycles. The van der Waals surface area contributed by atoms with Crippen LogP contribution in [0, 0.1) is 19.8 Å². The van der Waals surface area contributed by atoms with Crippen molar-refractivity contribution in [3.63, 3.8) is 0 Å². The molecule has 1 aliphatic heterocycles. The minimum atomic E-state index is -0.0228. The Morgan fingerprint density at radius 1 is 1.25 bits per heavy atom. The molecule has 0 bridgehead atoms. The van der Waals surface area contributed by atoms with E-state index in [1.807, 2.05) is 19.1 Å². The second-order valence-electron chi connectivity index (χ2n) is 6.27. The summed E-state index contributed by atoms with van der Waals surface area (Å²) in [7, 11) is 0. The third kappa shape index (κ3) is 5.99. The predicted octanol–water partition coefficient (Wildman–Crippen LogP) is 3.77. The molecule has 136 valence electrons. The van der Waals surface area contributed by atoms with Crippen LogP contribution in [0.25, 0.3) is 0 Å². The maximum atomic E-state index is 11.7. The Kier molecular flexibility index (Phi) is 9.16. The molecule has 1 heterocycles. The smallest absolute Gasteiger partial charge is 0.309 e. The van der Waals surface area contributed by atoms with E-state index in [-0.39, 0.29) is 24.3 Å². The molecule has 0 atom stereocenters. The standard InChI is InChI=1S/C19H29NO3.ClH/c1-4-22-19(21)17-9-12-20(13-10-17)11-6-14-23-18-8-5-7-15(2)16(18)3;/h5,7-8,17H,4,6,9-14H2,1-3H3;1H. The van der Waals surface area contributed by atoms with E-state index in [0.717, 1.165) is 51.3 Å². The van der Waals surface area contributed by atoms with Crippen LogP contribution in [-0.4, -0.2) is 43.7 Å². The molecule has 0 aliphatic carbocycles. The van der Waals surface area contributed by atoms with E-state index in [0.29, 0.717) is 6.61 Å². The summed E-state index contributed by atoms with van der Waals surface area (Å²) >= 11 is 0. The molecule has 1 aromatic rings. The molecule has 4 nitrogen and oxygen atoms in total. The first kappa shape index (κ1) is 20.8. The molecule has 24 heavy (non-hydrogen) atoms. The number of piperidine rings is 1. The molecule has 1 aliphatic rings. The van der Waals surface area contributed by atoms with Crippen LogP contribution >= 0.6 is 12.4 Å². The topological polar surface area (TPSA) is 38.8 Å². The first-order chi connectivity index (χ1) is 11.1. The molecular weight excluding hydrogens is 326 g/mol. The number of carbonyl (C=O) groups is 1. The van der Waals surface area contributed by atoms with Gasteiger partial charge in [-0.05, 0) is 70.3 Å². The summed E-state index contributed by atoms with van der Waals surface area (Å²) in [6.45, 7) is 10.3. The van der Waals surface area contributed by atoms with Gasteiger partial charge < -0.3 is 14.4 Å². The van der Waals surface area contributed by atoms with E-state index in [1.54, 1.807) is 0 Å². The number of rotatable bonds is 7. The lowest BCUT2D eigenvalue weighted by Crippen LogP contribution is -2.37. The zero-order chi connectivity index (χ0) is 16.7. The minimum absolute atomic E-state index is 0. The number of ether oxygens (including phenoxy) is 2. The van der Waals surface area contributed by atoms with Crippen LogP contribution < -0.4 is 4.74 Å². The van der Waals surface area contributed by atoms with Crippen LogP contribution in [0.1, 0.15) is 37.3 Å². The van der Waals surface area contributed by atoms with Gasteiger partial charge in [-0.1, -0.05) is 12.1 Å². The quantitative estimate of drug-likeness (QED) is 0.551. The number of benzene rings is 1. The summed E-state index contributed by atoms with van der Waals surface area (Å²) in [4.78, 5) is 14.1. The SMILES string of the molecule is CCOC(=O)C1CCN(CCCOc2cccc(C)c2C)CC1.Cl. The maximum absolute atomic E-state index is 11.7. The van der Waals surface area contributed by atoms with Gasteiger partial charge in [0.15, 0.2) is 0 Å². The lowest BCUT2D eigenvalue weighted by atomic mass is 9.97. The van der Waals surface area contributed by atoms with Crippen molar-refractivity contribution < 1.29 is 14.3 Å². The van der Waals surface area contributed by atoms with Gasteiger partial charge in [0.05, 0.1) is 19.1 Å². The van der Waals surface area contributed by atoms with Crippen molar-refractivity contribution in [3.8, 4) is 5.75 Å². The zero-order valence-electron chi connectivity index (χ0n) is 15.0. The molecule has 0 N–H and O–H groups in total. The summed E-state index contributed by atoms with van der Waals surface area (Å²) in [5, 5.41) is 0. The molecule has 2 rings (SSSR count). The maximum Gasteiger partial charge on any atom is 0.309 e. The fourth-order valence-corrected chi connectivity index (χ4v) is 3.00. The first-order valence-corrected chi connectivity index (χ1v) is 8.69. The van der Waals surface area contributed by atoms with Gasteiger partial charge in [-0.3, -0.25) is 4.79 Å².